The highest BCUT2D eigenvalue weighted by Crippen LogP contribution is 2.20. The van der Waals surface area contributed by atoms with Crippen molar-refractivity contribution in [1.29, 1.82) is 0 Å². The van der Waals surface area contributed by atoms with Crippen LogP contribution >= 0.6 is 0 Å². The summed E-state index contributed by atoms with van der Waals surface area (Å²) in [5.74, 6) is -0.811. The molecular formula is C13H17FN2O2. The minimum atomic E-state index is -0.811. The zero-order valence-corrected chi connectivity index (χ0v) is 10.7. The zero-order valence-electron chi connectivity index (χ0n) is 10.7. The van der Waals surface area contributed by atoms with Gasteiger partial charge in [-0.25, -0.2) is 0 Å². The Morgan fingerprint density at radius 3 is 2.83 bits per heavy atom. The van der Waals surface area contributed by atoms with Gasteiger partial charge in [0.1, 0.15) is 0 Å². The van der Waals surface area contributed by atoms with Crippen LogP contribution in [0.25, 0.3) is 6.08 Å². The molecule has 1 rings (SSSR count). The molecule has 0 amide bonds. The summed E-state index contributed by atoms with van der Waals surface area (Å²) in [6, 6.07) is 4.08. The number of halogens is 1. The monoisotopic (exact) mass is 252 g/mol. The van der Waals surface area contributed by atoms with Gasteiger partial charge in [0, 0.05) is 12.1 Å². The number of nitro benzene ring substituents is 1. The molecule has 0 aliphatic heterocycles. The Morgan fingerprint density at radius 1 is 1.61 bits per heavy atom. The minimum Gasteiger partial charge on any atom is -0.311 e. The van der Waals surface area contributed by atoms with Crippen LogP contribution in [0, 0.1) is 15.9 Å². The van der Waals surface area contributed by atoms with Gasteiger partial charge >= 0.3 is 5.69 Å². The third kappa shape index (κ3) is 3.63. The fourth-order valence-electron chi connectivity index (χ4n) is 1.61. The Hall–Kier alpha value is -1.75. The third-order valence-corrected chi connectivity index (χ3v) is 2.75. The number of nitrogens with one attached hydrogen (secondary N) is 1. The van der Waals surface area contributed by atoms with Gasteiger partial charge in [-0.3, -0.25) is 10.1 Å². The molecule has 98 valence electrons. The number of benzene rings is 1. The summed E-state index contributed by atoms with van der Waals surface area (Å²) in [5, 5.41) is 13.9. The molecule has 1 aromatic carbocycles. The highest BCUT2D eigenvalue weighted by molar-refractivity contribution is 5.57. The van der Waals surface area contributed by atoms with Gasteiger partial charge in [-0.1, -0.05) is 24.6 Å². The Bertz CT molecular complexity index is 472. The van der Waals surface area contributed by atoms with Crippen LogP contribution in [0.15, 0.2) is 23.8 Å². The number of nitrogens with zero attached hydrogens (tertiary/aromatic N) is 1. The average Bonchev–Trinajstić information content (AvgIpc) is 2.31. The van der Waals surface area contributed by atoms with Crippen molar-refractivity contribution in [2.45, 2.75) is 26.8 Å². The molecule has 0 aliphatic rings. The van der Waals surface area contributed by atoms with E-state index in [0.29, 0.717) is 5.56 Å². The first-order valence-corrected chi connectivity index (χ1v) is 5.81. The molecule has 0 heterocycles. The van der Waals surface area contributed by atoms with Gasteiger partial charge in [0.15, 0.2) is 0 Å². The van der Waals surface area contributed by atoms with E-state index in [1.54, 1.807) is 0 Å². The van der Waals surface area contributed by atoms with Gasteiger partial charge in [0.25, 0.3) is 0 Å². The molecule has 1 N–H and O–H groups in total. The lowest BCUT2D eigenvalue weighted by Crippen LogP contribution is -2.26. The SMILES string of the molecule is CCNC(C)/C(C)=C/c1ccc(F)c([N+](=O)[O-])c1. The fraction of sp³-hybridized carbons (Fsp3) is 0.385. The van der Waals surface area contributed by atoms with Crippen LogP contribution in [-0.2, 0) is 0 Å². The van der Waals surface area contributed by atoms with E-state index in [-0.39, 0.29) is 6.04 Å². The molecular weight excluding hydrogens is 235 g/mol. The van der Waals surface area contributed by atoms with Gasteiger partial charge in [0.2, 0.25) is 5.82 Å². The lowest BCUT2D eigenvalue weighted by Gasteiger charge is -2.12. The summed E-state index contributed by atoms with van der Waals surface area (Å²) in [6.45, 7) is 6.79. The predicted molar refractivity (Wildman–Crippen MR) is 69.8 cm³/mol. The van der Waals surface area contributed by atoms with E-state index in [0.717, 1.165) is 18.2 Å². The molecule has 0 saturated carbocycles. The molecule has 0 spiro atoms. The van der Waals surface area contributed by atoms with Crippen LogP contribution in [0.1, 0.15) is 26.3 Å². The molecule has 5 heteroatoms. The first-order chi connectivity index (χ1) is 8.45. The predicted octanol–water partition coefficient (Wildman–Crippen LogP) is 3.14. The topological polar surface area (TPSA) is 55.2 Å². The van der Waals surface area contributed by atoms with E-state index in [4.69, 9.17) is 0 Å². The Morgan fingerprint density at radius 2 is 2.28 bits per heavy atom. The van der Waals surface area contributed by atoms with Crippen LogP contribution in [0.3, 0.4) is 0 Å². The second-order valence-electron chi connectivity index (χ2n) is 4.14. The molecule has 0 aliphatic carbocycles. The lowest BCUT2D eigenvalue weighted by molar-refractivity contribution is -0.387. The molecule has 1 unspecified atom stereocenters. The standard InChI is InChI=1S/C13H17FN2O2/c1-4-15-10(3)9(2)7-11-5-6-12(14)13(8-11)16(17)18/h5-8,10,15H,4H2,1-3H3/b9-7+. The van der Waals surface area contributed by atoms with Crippen LogP contribution in [0.2, 0.25) is 0 Å². The fourth-order valence-corrected chi connectivity index (χ4v) is 1.61. The molecule has 0 fully saturated rings. The normalized spacial score (nSPS) is 13.4. The van der Waals surface area contributed by atoms with Crippen molar-refractivity contribution in [3.63, 3.8) is 0 Å². The molecule has 0 bridgehead atoms. The highest BCUT2D eigenvalue weighted by Gasteiger charge is 2.13. The number of hydrogen-bond acceptors (Lipinski definition) is 3. The molecule has 0 saturated heterocycles. The molecule has 0 radical (unpaired) electrons. The van der Waals surface area contributed by atoms with Crippen molar-refractivity contribution in [3.8, 4) is 0 Å². The number of nitro groups is 1. The van der Waals surface area contributed by atoms with E-state index >= 15 is 0 Å². The van der Waals surface area contributed by atoms with Crippen LogP contribution in [0.4, 0.5) is 10.1 Å². The number of likely N-dealkylation sites (N-methyl/N-ethyl adjacent to an activating group) is 1. The van der Waals surface area contributed by atoms with Crippen LogP contribution in [0.5, 0.6) is 0 Å². The van der Waals surface area contributed by atoms with Gasteiger partial charge in [-0.15, -0.1) is 0 Å². The molecule has 4 nitrogen and oxygen atoms in total. The Labute approximate surface area is 106 Å². The minimum absolute atomic E-state index is 0.180. The van der Waals surface area contributed by atoms with Crippen molar-refractivity contribution in [2.24, 2.45) is 0 Å². The van der Waals surface area contributed by atoms with Crippen LogP contribution in [-0.4, -0.2) is 17.5 Å². The summed E-state index contributed by atoms with van der Waals surface area (Å²) >= 11 is 0. The van der Waals surface area contributed by atoms with Crippen molar-refractivity contribution in [1.82, 2.24) is 5.32 Å². The summed E-state index contributed by atoms with van der Waals surface area (Å²) in [6.07, 6.45) is 1.82. The number of rotatable bonds is 5. The maximum atomic E-state index is 13.2. The summed E-state index contributed by atoms with van der Waals surface area (Å²) in [4.78, 5) is 9.92. The van der Waals surface area contributed by atoms with Gasteiger partial charge in [0.05, 0.1) is 4.92 Å². The third-order valence-electron chi connectivity index (χ3n) is 2.75. The molecule has 0 aromatic heterocycles. The van der Waals surface area contributed by atoms with E-state index in [1.807, 2.05) is 26.8 Å². The van der Waals surface area contributed by atoms with Crippen molar-refractivity contribution in [2.75, 3.05) is 6.54 Å². The van der Waals surface area contributed by atoms with Gasteiger partial charge < -0.3 is 5.32 Å². The maximum absolute atomic E-state index is 13.2. The van der Waals surface area contributed by atoms with Gasteiger partial charge in [-0.05, 0) is 32.0 Å². The van der Waals surface area contributed by atoms with Crippen molar-refractivity contribution < 1.29 is 9.31 Å². The molecule has 18 heavy (non-hydrogen) atoms. The maximum Gasteiger partial charge on any atom is 0.305 e. The Balaban J connectivity index is 3.01. The molecule has 1 aromatic rings. The Kier molecular flexibility index (Phi) is 4.97. The quantitative estimate of drug-likeness (QED) is 0.647. The second-order valence-corrected chi connectivity index (χ2v) is 4.14. The summed E-state index contributed by atoms with van der Waals surface area (Å²) in [5.41, 5.74) is 1.18. The average molecular weight is 252 g/mol. The van der Waals surface area contributed by atoms with Gasteiger partial charge in [-0.2, -0.15) is 4.39 Å². The summed E-state index contributed by atoms with van der Waals surface area (Å²) in [7, 11) is 0. The molecule has 1 atom stereocenters. The summed E-state index contributed by atoms with van der Waals surface area (Å²) < 4.78 is 13.2. The first-order valence-electron chi connectivity index (χ1n) is 5.81. The van der Waals surface area contributed by atoms with E-state index in [1.165, 1.54) is 12.1 Å². The largest absolute Gasteiger partial charge is 0.311 e. The highest BCUT2D eigenvalue weighted by atomic mass is 19.1. The van der Waals surface area contributed by atoms with E-state index in [9.17, 15) is 14.5 Å². The van der Waals surface area contributed by atoms with Crippen molar-refractivity contribution in [3.05, 3.63) is 45.3 Å². The number of hydrogen-bond donors (Lipinski definition) is 1. The van der Waals surface area contributed by atoms with Crippen LogP contribution < -0.4 is 5.32 Å². The van der Waals surface area contributed by atoms with E-state index in [2.05, 4.69) is 5.32 Å². The smallest absolute Gasteiger partial charge is 0.305 e. The van der Waals surface area contributed by atoms with E-state index < -0.39 is 16.4 Å². The zero-order chi connectivity index (χ0) is 13.7. The second kappa shape index (κ2) is 6.26. The van der Waals surface area contributed by atoms with Crippen molar-refractivity contribution >= 4 is 11.8 Å². The lowest BCUT2D eigenvalue weighted by atomic mass is 10.1. The first kappa shape index (κ1) is 14.3.